The molecule has 2 aliphatic heterocycles. The zero-order valence-corrected chi connectivity index (χ0v) is 12.9. The molecule has 0 saturated carbocycles. The van der Waals surface area contributed by atoms with Crippen molar-refractivity contribution in [3.63, 3.8) is 0 Å². The summed E-state index contributed by atoms with van der Waals surface area (Å²) < 4.78 is 27.2. The molecule has 21 heavy (non-hydrogen) atoms. The van der Waals surface area contributed by atoms with Crippen LogP contribution in [0.3, 0.4) is 0 Å². The smallest absolute Gasteiger partial charge is 0.243 e. The first kappa shape index (κ1) is 15.0. The van der Waals surface area contributed by atoms with Crippen molar-refractivity contribution in [3.05, 3.63) is 29.8 Å². The van der Waals surface area contributed by atoms with Crippen molar-refractivity contribution in [2.24, 2.45) is 0 Å². The molecule has 6 heteroatoms. The highest BCUT2D eigenvalue weighted by molar-refractivity contribution is 7.89. The molecule has 2 heterocycles. The standard InChI is InChI=1S/C15H22N2O3S/c18-12-13-4-6-15(7-5-13)21(19,20)17-10-2-9-16-8-1-3-14(16)11-17/h4-7,14,18H,1-3,8-12H2. The fourth-order valence-electron chi connectivity index (χ4n) is 3.31. The van der Waals surface area contributed by atoms with Crippen LogP contribution in [-0.4, -0.2) is 55.0 Å². The van der Waals surface area contributed by atoms with Crippen molar-refractivity contribution in [2.45, 2.75) is 36.8 Å². The van der Waals surface area contributed by atoms with Gasteiger partial charge in [-0.1, -0.05) is 12.1 Å². The first-order valence-corrected chi connectivity index (χ1v) is 8.99. The molecule has 1 atom stereocenters. The summed E-state index contributed by atoms with van der Waals surface area (Å²) in [5, 5.41) is 9.05. The number of fused-ring (bicyclic) bond motifs is 1. The molecule has 0 amide bonds. The normalized spacial score (nSPS) is 24.7. The predicted molar refractivity (Wildman–Crippen MR) is 80.3 cm³/mol. The van der Waals surface area contributed by atoms with Crippen molar-refractivity contribution in [2.75, 3.05) is 26.2 Å². The average Bonchev–Trinajstić information content (AvgIpc) is 2.84. The molecule has 2 fully saturated rings. The van der Waals surface area contributed by atoms with Crippen molar-refractivity contribution in [1.82, 2.24) is 9.21 Å². The lowest BCUT2D eigenvalue weighted by Crippen LogP contribution is -2.39. The summed E-state index contributed by atoms with van der Waals surface area (Å²) in [6, 6.07) is 6.91. The molecular formula is C15H22N2O3S. The third-order valence-electron chi connectivity index (χ3n) is 4.51. The second-order valence-electron chi connectivity index (χ2n) is 5.85. The van der Waals surface area contributed by atoms with E-state index in [1.54, 1.807) is 28.6 Å². The lowest BCUT2D eigenvalue weighted by Gasteiger charge is -2.25. The van der Waals surface area contributed by atoms with Gasteiger partial charge in [-0.15, -0.1) is 0 Å². The molecule has 5 nitrogen and oxygen atoms in total. The predicted octanol–water partition coefficient (Wildman–Crippen LogP) is 1.04. The van der Waals surface area contributed by atoms with E-state index in [2.05, 4.69) is 4.90 Å². The van der Waals surface area contributed by atoms with Crippen LogP contribution in [-0.2, 0) is 16.6 Å². The van der Waals surface area contributed by atoms with Crippen LogP contribution < -0.4 is 0 Å². The fourth-order valence-corrected chi connectivity index (χ4v) is 4.82. The Hall–Kier alpha value is -0.950. The van der Waals surface area contributed by atoms with Crippen LogP contribution in [0, 0.1) is 0 Å². The van der Waals surface area contributed by atoms with Gasteiger partial charge in [-0.05, 0) is 50.0 Å². The molecule has 3 rings (SSSR count). The Morgan fingerprint density at radius 3 is 2.52 bits per heavy atom. The summed E-state index contributed by atoms with van der Waals surface area (Å²) >= 11 is 0. The van der Waals surface area contributed by atoms with E-state index in [-0.39, 0.29) is 6.61 Å². The number of nitrogens with zero attached hydrogens (tertiary/aromatic N) is 2. The van der Waals surface area contributed by atoms with E-state index in [1.807, 2.05) is 0 Å². The molecule has 0 aliphatic carbocycles. The molecule has 1 aromatic carbocycles. The maximum Gasteiger partial charge on any atom is 0.243 e. The molecule has 1 unspecified atom stereocenters. The summed E-state index contributed by atoms with van der Waals surface area (Å²) in [5.74, 6) is 0. The number of benzene rings is 1. The molecule has 2 aliphatic rings. The van der Waals surface area contributed by atoms with Crippen LogP contribution in [0.2, 0.25) is 0 Å². The van der Waals surface area contributed by atoms with Crippen molar-refractivity contribution >= 4 is 10.0 Å². The van der Waals surface area contributed by atoms with Gasteiger partial charge in [-0.3, -0.25) is 4.90 Å². The molecule has 116 valence electrons. The van der Waals surface area contributed by atoms with Gasteiger partial charge in [0.25, 0.3) is 0 Å². The van der Waals surface area contributed by atoms with E-state index in [4.69, 9.17) is 5.11 Å². The molecule has 0 bridgehead atoms. The topological polar surface area (TPSA) is 60.9 Å². The minimum atomic E-state index is -3.42. The van der Waals surface area contributed by atoms with E-state index in [0.29, 0.717) is 24.0 Å². The van der Waals surface area contributed by atoms with Crippen LogP contribution in [0.25, 0.3) is 0 Å². The Bertz CT molecular complexity index is 585. The minimum Gasteiger partial charge on any atom is -0.392 e. The number of hydrogen-bond donors (Lipinski definition) is 1. The van der Waals surface area contributed by atoms with Crippen molar-refractivity contribution in [1.29, 1.82) is 0 Å². The summed E-state index contributed by atoms with van der Waals surface area (Å²) in [5.41, 5.74) is 0.729. The van der Waals surface area contributed by atoms with Gasteiger partial charge in [-0.2, -0.15) is 4.31 Å². The van der Waals surface area contributed by atoms with Gasteiger partial charge in [-0.25, -0.2) is 8.42 Å². The Balaban J connectivity index is 1.82. The highest BCUT2D eigenvalue weighted by Gasteiger charge is 2.34. The fraction of sp³-hybridized carbons (Fsp3) is 0.600. The molecule has 1 aromatic rings. The van der Waals surface area contributed by atoms with Gasteiger partial charge >= 0.3 is 0 Å². The number of hydrogen-bond acceptors (Lipinski definition) is 4. The van der Waals surface area contributed by atoms with E-state index in [0.717, 1.165) is 31.5 Å². The number of aliphatic hydroxyl groups excluding tert-OH is 1. The molecule has 0 spiro atoms. The molecule has 0 aromatic heterocycles. The van der Waals surface area contributed by atoms with Gasteiger partial charge in [0.2, 0.25) is 10.0 Å². The van der Waals surface area contributed by atoms with E-state index < -0.39 is 10.0 Å². The average molecular weight is 310 g/mol. The van der Waals surface area contributed by atoms with E-state index in [9.17, 15) is 8.42 Å². The molecule has 2 saturated heterocycles. The first-order valence-electron chi connectivity index (χ1n) is 7.55. The Labute approximate surface area is 126 Å². The summed E-state index contributed by atoms with van der Waals surface area (Å²) in [7, 11) is -3.42. The monoisotopic (exact) mass is 310 g/mol. The summed E-state index contributed by atoms with van der Waals surface area (Å²) in [4.78, 5) is 2.75. The maximum absolute atomic E-state index is 12.8. The number of rotatable bonds is 3. The van der Waals surface area contributed by atoms with Crippen LogP contribution in [0.4, 0.5) is 0 Å². The van der Waals surface area contributed by atoms with Gasteiger partial charge in [0.05, 0.1) is 11.5 Å². The van der Waals surface area contributed by atoms with Gasteiger partial charge in [0.15, 0.2) is 0 Å². The largest absolute Gasteiger partial charge is 0.392 e. The lowest BCUT2D eigenvalue weighted by atomic mass is 10.2. The quantitative estimate of drug-likeness (QED) is 0.906. The van der Waals surface area contributed by atoms with Crippen LogP contribution in [0.15, 0.2) is 29.2 Å². The first-order chi connectivity index (χ1) is 10.1. The third-order valence-corrected chi connectivity index (χ3v) is 6.39. The van der Waals surface area contributed by atoms with E-state index in [1.165, 1.54) is 6.42 Å². The summed E-state index contributed by atoms with van der Waals surface area (Å²) in [6.07, 6.45) is 3.16. The van der Waals surface area contributed by atoms with Gasteiger partial charge < -0.3 is 5.11 Å². The minimum absolute atomic E-state index is 0.0684. The third kappa shape index (κ3) is 2.99. The molecular weight excluding hydrogens is 288 g/mol. The second-order valence-corrected chi connectivity index (χ2v) is 7.79. The van der Waals surface area contributed by atoms with Crippen molar-refractivity contribution in [3.8, 4) is 0 Å². The lowest BCUT2D eigenvalue weighted by molar-refractivity contribution is 0.257. The summed E-state index contributed by atoms with van der Waals surface area (Å²) in [6.45, 7) is 3.23. The van der Waals surface area contributed by atoms with Gasteiger partial charge in [0.1, 0.15) is 0 Å². The Kier molecular flexibility index (Phi) is 4.31. The Morgan fingerprint density at radius 1 is 1.10 bits per heavy atom. The zero-order chi connectivity index (χ0) is 14.9. The van der Waals surface area contributed by atoms with Gasteiger partial charge in [0, 0.05) is 19.1 Å². The van der Waals surface area contributed by atoms with Crippen LogP contribution >= 0.6 is 0 Å². The molecule has 0 radical (unpaired) electrons. The van der Waals surface area contributed by atoms with Crippen LogP contribution in [0.1, 0.15) is 24.8 Å². The van der Waals surface area contributed by atoms with Crippen molar-refractivity contribution < 1.29 is 13.5 Å². The van der Waals surface area contributed by atoms with E-state index >= 15 is 0 Å². The molecule has 1 N–H and O–H groups in total. The number of aliphatic hydroxyl groups is 1. The highest BCUT2D eigenvalue weighted by atomic mass is 32.2. The maximum atomic E-state index is 12.8. The Morgan fingerprint density at radius 2 is 1.81 bits per heavy atom. The number of sulfonamides is 1. The second kappa shape index (κ2) is 6.04. The zero-order valence-electron chi connectivity index (χ0n) is 12.1. The SMILES string of the molecule is O=S(=O)(c1ccc(CO)cc1)N1CCCN2CCCC2C1. The highest BCUT2D eigenvalue weighted by Crippen LogP contribution is 2.25. The van der Waals surface area contributed by atoms with Crippen LogP contribution in [0.5, 0.6) is 0 Å².